The Kier molecular flexibility index (Phi) is 6.02. The van der Waals surface area contributed by atoms with Gasteiger partial charge in [0, 0.05) is 25.1 Å². The molecule has 0 saturated heterocycles. The van der Waals surface area contributed by atoms with Gasteiger partial charge in [-0.3, -0.25) is 4.79 Å². The lowest BCUT2D eigenvalue weighted by atomic mass is 10.1. The number of thiazole rings is 1. The number of amides is 1. The van der Waals surface area contributed by atoms with Gasteiger partial charge < -0.3 is 9.30 Å². The van der Waals surface area contributed by atoms with E-state index in [0.717, 1.165) is 15.8 Å². The minimum absolute atomic E-state index is 0.141. The number of carbonyl (C=O) groups excluding carboxylic acids is 1. The van der Waals surface area contributed by atoms with Crippen molar-refractivity contribution in [2.75, 3.05) is 13.7 Å². The van der Waals surface area contributed by atoms with E-state index in [9.17, 15) is 4.79 Å². The number of ether oxygens (including phenoxy) is 1. The summed E-state index contributed by atoms with van der Waals surface area (Å²) in [4.78, 5) is 17.4. The zero-order chi connectivity index (χ0) is 17.6. The molecule has 2 aromatic carbocycles. The van der Waals surface area contributed by atoms with Crippen LogP contribution in [0.4, 0.5) is 0 Å². The summed E-state index contributed by atoms with van der Waals surface area (Å²) in [5, 5.41) is 0.687. The molecule has 130 valence electrons. The summed E-state index contributed by atoms with van der Waals surface area (Å²) in [6.07, 6.45) is 0.924. The Morgan fingerprint density at radius 2 is 1.96 bits per heavy atom. The molecule has 0 aliphatic rings. The number of hydrogen-bond donors (Lipinski definition) is 0. The maximum atomic E-state index is 12.4. The van der Waals surface area contributed by atoms with Crippen LogP contribution in [-0.2, 0) is 22.5 Å². The van der Waals surface area contributed by atoms with Gasteiger partial charge in [-0.25, -0.2) is 0 Å². The second-order valence-electron chi connectivity index (χ2n) is 5.59. The molecule has 0 N–H and O–H groups in total. The van der Waals surface area contributed by atoms with Crippen molar-refractivity contribution in [2.45, 2.75) is 19.4 Å². The quantitative estimate of drug-likeness (QED) is 0.653. The van der Waals surface area contributed by atoms with Crippen LogP contribution in [-0.4, -0.2) is 24.2 Å². The molecule has 1 amide bonds. The van der Waals surface area contributed by atoms with E-state index in [4.69, 9.17) is 16.3 Å². The van der Waals surface area contributed by atoms with E-state index in [1.54, 1.807) is 7.11 Å². The number of benzene rings is 2. The summed E-state index contributed by atoms with van der Waals surface area (Å²) in [5.41, 5.74) is 2.04. The van der Waals surface area contributed by atoms with Crippen molar-refractivity contribution in [1.82, 2.24) is 4.57 Å². The number of para-hydroxylation sites is 1. The number of rotatable bonds is 6. The van der Waals surface area contributed by atoms with Gasteiger partial charge in [-0.05, 0) is 30.2 Å². The van der Waals surface area contributed by atoms with E-state index in [0.29, 0.717) is 35.8 Å². The summed E-state index contributed by atoms with van der Waals surface area (Å²) in [7, 11) is 1.67. The molecule has 0 bridgehead atoms. The zero-order valence-electron chi connectivity index (χ0n) is 13.9. The molecule has 0 unspecified atom stereocenters. The van der Waals surface area contributed by atoms with Crippen LogP contribution in [0.3, 0.4) is 0 Å². The van der Waals surface area contributed by atoms with Crippen LogP contribution < -0.4 is 4.80 Å². The van der Waals surface area contributed by atoms with Gasteiger partial charge in [0.1, 0.15) is 0 Å². The molecule has 0 spiro atoms. The van der Waals surface area contributed by atoms with Gasteiger partial charge in [0.05, 0.1) is 16.8 Å². The monoisotopic (exact) mass is 374 g/mol. The van der Waals surface area contributed by atoms with Crippen molar-refractivity contribution in [3.63, 3.8) is 0 Å². The van der Waals surface area contributed by atoms with Crippen LogP contribution in [0.15, 0.2) is 53.5 Å². The van der Waals surface area contributed by atoms with Gasteiger partial charge in [-0.15, -0.1) is 0 Å². The molecule has 0 atom stereocenters. The molecular weight excluding hydrogens is 356 g/mol. The highest BCUT2D eigenvalue weighted by molar-refractivity contribution is 7.16. The molecule has 0 radical (unpaired) electrons. The van der Waals surface area contributed by atoms with Crippen LogP contribution in [0.25, 0.3) is 10.2 Å². The minimum atomic E-state index is -0.141. The minimum Gasteiger partial charge on any atom is -0.383 e. The molecule has 1 heterocycles. The highest BCUT2D eigenvalue weighted by atomic mass is 35.5. The van der Waals surface area contributed by atoms with E-state index in [1.165, 1.54) is 11.3 Å². The maximum absolute atomic E-state index is 12.4. The number of carbonyl (C=O) groups is 1. The van der Waals surface area contributed by atoms with Crippen LogP contribution in [0.5, 0.6) is 0 Å². The first-order chi connectivity index (χ1) is 12.2. The fourth-order valence-electron chi connectivity index (χ4n) is 2.61. The highest BCUT2D eigenvalue weighted by Gasteiger charge is 2.08. The normalized spacial score (nSPS) is 12.0. The Hall–Kier alpha value is -1.95. The first-order valence-electron chi connectivity index (χ1n) is 8.07. The third-order valence-electron chi connectivity index (χ3n) is 3.89. The largest absolute Gasteiger partial charge is 0.383 e. The molecule has 0 saturated carbocycles. The number of aromatic nitrogens is 1. The molecule has 0 aliphatic heterocycles. The smallest absolute Gasteiger partial charge is 0.248 e. The van der Waals surface area contributed by atoms with Crippen molar-refractivity contribution in [1.29, 1.82) is 0 Å². The lowest BCUT2D eigenvalue weighted by Crippen LogP contribution is -2.19. The third-order valence-corrected chi connectivity index (χ3v) is 5.32. The number of aryl methyl sites for hydroxylation is 1. The molecule has 0 fully saturated rings. The van der Waals surface area contributed by atoms with E-state index in [2.05, 4.69) is 4.99 Å². The van der Waals surface area contributed by atoms with E-state index < -0.39 is 0 Å². The van der Waals surface area contributed by atoms with Gasteiger partial charge in [0.2, 0.25) is 5.91 Å². The summed E-state index contributed by atoms with van der Waals surface area (Å²) in [6, 6.07) is 15.6. The van der Waals surface area contributed by atoms with E-state index in [1.807, 2.05) is 53.1 Å². The Bertz CT molecular complexity index is 946. The standard InChI is InChI=1S/C19H19ClN2O2S/c1-24-13-12-22-16-8-4-5-9-17(16)25-19(22)21-18(23)11-10-14-6-2-3-7-15(14)20/h2-9H,10-13H2,1H3/b21-19-. The van der Waals surface area contributed by atoms with Gasteiger partial charge in [-0.2, -0.15) is 4.99 Å². The highest BCUT2D eigenvalue weighted by Crippen LogP contribution is 2.18. The van der Waals surface area contributed by atoms with Crippen LogP contribution in [0, 0.1) is 0 Å². The summed E-state index contributed by atoms with van der Waals surface area (Å²) < 4.78 is 8.33. The second kappa shape index (κ2) is 8.43. The van der Waals surface area contributed by atoms with Crippen LogP contribution >= 0.6 is 22.9 Å². The first kappa shape index (κ1) is 17.9. The van der Waals surface area contributed by atoms with Gasteiger partial charge in [0.25, 0.3) is 0 Å². The predicted octanol–water partition coefficient (Wildman–Crippen LogP) is 4.06. The Balaban J connectivity index is 1.84. The lowest BCUT2D eigenvalue weighted by molar-refractivity contribution is -0.118. The van der Waals surface area contributed by atoms with E-state index in [-0.39, 0.29) is 5.91 Å². The molecule has 1 aromatic heterocycles. The Morgan fingerprint density at radius 3 is 2.76 bits per heavy atom. The molecule has 3 aromatic rings. The fraction of sp³-hybridized carbons (Fsp3) is 0.263. The second-order valence-corrected chi connectivity index (χ2v) is 7.01. The molecule has 4 nitrogen and oxygen atoms in total. The Morgan fingerprint density at radius 1 is 1.20 bits per heavy atom. The molecule has 3 rings (SSSR count). The van der Waals surface area contributed by atoms with Gasteiger partial charge in [0.15, 0.2) is 4.80 Å². The molecule has 0 aliphatic carbocycles. The number of halogens is 1. The third kappa shape index (κ3) is 4.37. The van der Waals surface area contributed by atoms with Gasteiger partial charge >= 0.3 is 0 Å². The Labute approximate surface area is 155 Å². The predicted molar refractivity (Wildman–Crippen MR) is 102 cm³/mol. The molecular formula is C19H19ClN2O2S. The lowest BCUT2D eigenvalue weighted by Gasteiger charge is -2.04. The number of nitrogens with zero attached hydrogens (tertiary/aromatic N) is 2. The summed E-state index contributed by atoms with van der Waals surface area (Å²) in [5.74, 6) is -0.141. The fourth-order valence-corrected chi connectivity index (χ4v) is 3.91. The number of methoxy groups -OCH3 is 1. The van der Waals surface area contributed by atoms with Crippen molar-refractivity contribution >= 4 is 39.1 Å². The van der Waals surface area contributed by atoms with Crippen molar-refractivity contribution in [3.8, 4) is 0 Å². The van der Waals surface area contributed by atoms with Gasteiger partial charge in [-0.1, -0.05) is 53.3 Å². The van der Waals surface area contributed by atoms with Crippen LogP contribution in [0.2, 0.25) is 5.02 Å². The summed E-state index contributed by atoms with van der Waals surface area (Å²) >= 11 is 7.67. The van der Waals surface area contributed by atoms with Crippen molar-refractivity contribution in [3.05, 3.63) is 63.9 Å². The summed E-state index contributed by atoms with van der Waals surface area (Å²) in [6.45, 7) is 1.23. The average molecular weight is 375 g/mol. The SMILES string of the molecule is COCCn1/c(=N/C(=O)CCc2ccccc2Cl)sc2ccccc21. The first-order valence-corrected chi connectivity index (χ1v) is 9.27. The zero-order valence-corrected chi connectivity index (χ0v) is 15.5. The van der Waals surface area contributed by atoms with Crippen molar-refractivity contribution < 1.29 is 9.53 Å². The average Bonchev–Trinajstić information content (AvgIpc) is 2.96. The number of hydrogen-bond acceptors (Lipinski definition) is 3. The van der Waals surface area contributed by atoms with Crippen molar-refractivity contribution in [2.24, 2.45) is 4.99 Å². The van der Waals surface area contributed by atoms with Crippen LogP contribution in [0.1, 0.15) is 12.0 Å². The van der Waals surface area contributed by atoms with E-state index >= 15 is 0 Å². The maximum Gasteiger partial charge on any atom is 0.248 e. The topological polar surface area (TPSA) is 43.6 Å². The molecule has 6 heteroatoms. The molecule has 25 heavy (non-hydrogen) atoms. The number of fused-ring (bicyclic) bond motifs is 1.